The monoisotopic (exact) mass is 423 g/mol. The maximum atomic E-state index is 12.6. The number of nitrogens with one attached hydrogen (secondary N) is 1. The van der Waals surface area contributed by atoms with Gasteiger partial charge in [0.05, 0.1) is 12.3 Å². The standard InChI is InChI=1S/C22H21N3O4S/c1-25(2)20(26)12-29-17-5-3-4-16(11-17)21(27)24-22-23-18(13-30-22)14-6-7-19-15(10-14)8-9-28-19/h3-7,10-11,13H,8-9,12H2,1-2H3,(H,23,24,27). The van der Waals surface area contributed by atoms with Crippen molar-refractivity contribution in [3.63, 3.8) is 0 Å². The van der Waals surface area contributed by atoms with Gasteiger partial charge in [0.2, 0.25) is 0 Å². The number of ether oxygens (including phenoxy) is 2. The molecule has 1 aliphatic rings. The quantitative estimate of drug-likeness (QED) is 0.657. The number of rotatable bonds is 6. The summed E-state index contributed by atoms with van der Waals surface area (Å²) in [6.45, 7) is 0.628. The van der Waals surface area contributed by atoms with E-state index in [9.17, 15) is 9.59 Å². The van der Waals surface area contributed by atoms with Crippen molar-refractivity contribution >= 4 is 28.3 Å². The molecule has 30 heavy (non-hydrogen) atoms. The first-order valence-electron chi connectivity index (χ1n) is 9.45. The summed E-state index contributed by atoms with van der Waals surface area (Å²) in [5.41, 5.74) is 3.41. The molecule has 0 radical (unpaired) electrons. The molecule has 1 aromatic heterocycles. The van der Waals surface area contributed by atoms with Crippen LogP contribution in [-0.2, 0) is 11.2 Å². The van der Waals surface area contributed by atoms with E-state index in [4.69, 9.17) is 9.47 Å². The fourth-order valence-electron chi connectivity index (χ4n) is 2.98. The fourth-order valence-corrected chi connectivity index (χ4v) is 3.69. The van der Waals surface area contributed by atoms with Crippen LogP contribution in [0.5, 0.6) is 11.5 Å². The van der Waals surface area contributed by atoms with Gasteiger partial charge in [-0.15, -0.1) is 11.3 Å². The van der Waals surface area contributed by atoms with E-state index in [1.165, 1.54) is 21.8 Å². The third kappa shape index (κ3) is 4.44. The Bertz CT molecular complexity index is 1090. The minimum absolute atomic E-state index is 0.0836. The van der Waals surface area contributed by atoms with E-state index in [-0.39, 0.29) is 18.4 Å². The Labute approximate surface area is 178 Å². The Morgan fingerprint density at radius 2 is 2.10 bits per heavy atom. The normalized spacial score (nSPS) is 12.1. The number of benzene rings is 2. The molecule has 0 spiro atoms. The first-order chi connectivity index (χ1) is 14.5. The van der Waals surface area contributed by atoms with Gasteiger partial charge in [-0.05, 0) is 42.0 Å². The van der Waals surface area contributed by atoms with Crippen LogP contribution in [0.2, 0.25) is 0 Å². The van der Waals surface area contributed by atoms with Crippen LogP contribution in [0, 0.1) is 0 Å². The zero-order valence-electron chi connectivity index (χ0n) is 16.7. The molecule has 0 unspecified atom stereocenters. The number of hydrogen-bond acceptors (Lipinski definition) is 6. The molecular formula is C22H21N3O4S. The minimum atomic E-state index is -0.289. The SMILES string of the molecule is CN(C)C(=O)COc1cccc(C(=O)Nc2nc(-c3ccc4c(c3)CCO4)cs2)c1. The summed E-state index contributed by atoms with van der Waals surface area (Å²) in [5, 5.41) is 5.25. The van der Waals surface area contributed by atoms with Crippen LogP contribution < -0.4 is 14.8 Å². The molecule has 0 saturated heterocycles. The molecule has 0 atom stereocenters. The summed E-state index contributed by atoms with van der Waals surface area (Å²) in [7, 11) is 3.32. The van der Waals surface area contributed by atoms with Gasteiger partial charge in [0.25, 0.3) is 11.8 Å². The molecule has 3 aromatic rings. The highest BCUT2D eigenvalue weighted by atomic mass is 32.1. The molecule has 0 bridgehead atoms. The van der Waals surface area contributed by atoms with Crippen LogP contribution in [0.1, 0.15) is 15.9 Å². The summed E-state index contributed by atoms with van der Waals surface area (Å²) in [4.78, 5) is 30.3. The molecule has 1 aliphatic heterocycles. The summed E-state index contributed by atoms with van der Waals surface area (Å²) < 4.78 is 11.0. The van der Waals surface area contributed by atoms with E-state index >= 15 is 0 Å². The highest BCUT2D eigenvalue weighted by Crippen LogP contribution is 2.32. The summed E-state index contributed by atoms with van der Waals surface area (Å²) in [6, 6.07) is 12.7. The molecule has 1 N–H and O–H groups in total. The molecule has 2 heterocycles. The molecule has 8 heteroatoms. The Morgan fingerprint density at radius 1 is 1.23 bits per heavy atom. The highest BCUT2D eigenvalue weighted by molar-refractivity contribution is 7.14. The minimum Gasteiger partial charge on any atom is -0.493 e. The maximum absolute atomic E-state index is 12.6. The van der Waals surface area contributed by atoms with Crippen LogP contribution in [0.15, 0.2) is 47.8 Å². The van der Waals surface area contributed by atoms with E-state index in [1.54, 1.807) is 38.4 Å². The average Bonchev–Trinajstić information content (AvgIpc) is 3.40. The fraction of sp³-hybridized carbons (Fsp3) is 0.227. The lowest BCUT2D eigenvalue weighted by Crippen LogP contribution is -2.27. The van der Waals surface area contributed by atoms with Crippen molar-refractivity contribution < 1.29 is 19.1 Å². The molecule has 7 nitrogen and oxygen atoms in total. The number of likely N-dealkylation sites (N-methyl/N-ethyl adjacent to an activating group) is 1. The molecule has 2 amide bonds. The first-order valence-corrected chi connectivity index (χ1v) is 10.3. The molecule has 4 rings (SSSR count). The van der Waals surface area contributed by atoms with Gasteiger partial charge in [-0.25, -0.2) is 4.98 Å². The van der Waals surface area contributed by atoms with Gasteiger partial charge in [0.1, 0.15) is 11.5 Å². The molecule has 0 saturated carbocycles. The molecule has 2 aromatic carbocycles. The van der Waals surface area contributed by atoms with Crippen molar-refractivity contribution in [2.45, 2.75) is 6.42 Å². The Balaban J connectivity index is 1.42. The van der Waals surface area contributed by atoms with Crippen LogP contribution in [0.25, 0.3) is 11.3 Å². The van der Waals surface area contributed by atoms with Crippen molar-refractivity contribution in [1.82, 2.24) is 9.88 Å². The number of carbonyl (C=O) groups is 2. The van der Waals surface area contributed by atoms with E-state index in [1.807, 2.05) is 17.5 Å². The van der Waals surface area contributed by atoms with Crippen LogP contribution in [0.3, 0.4) is 0 Å². The number of thiazole rings is 1. The number of anilines is 1. The maximum Gasteiger partial charge on any atom is 0.259 e. The summed E-state index contributed by atoms with van der Waals surface area (Å²) >= 11 is 1.37. The van der Waals surface area contributed by atoms with Crippen LogP contribution in [0.4, 0.5) is 5.13 Å². The summed E-state index contributed by atoms with van der Waals surface area (Å²) in [5.74, 6) is 0.941. The largest absolute Gasteiger partial charge is 0.493 e. The third-order valence-corrected chi connectivity index (χ3v) is 5.42. The van der Waals surface area contributed by atoms with E-state index in [0.29, 0.717) is 23.1 Å². The molecular weight excluding hydrogens is 402 g/mol. The van der Waals surface area contributed by atoms with E-state index in [0.717, 1.165) is 23.4 Å². The second kappa shape index (κ2) is 8.54. The number of nitrogens with zero attached hydrogens (tertiary/aromatic N) is 2. The van der Waals surface area contributed by atoms with Gasteiger partial charge in [-0.1, -0.05) is 6.07 Å². The number of carbonyl (C=O) groups excluding carboxylic acids is 2. The smallest absolute Gasteiger partial charge is 0.259 e. The Kier molecular flexibility index (Phi) is 5.67. The predicted molar refractivity (Wildman–Crippen MR) is 115 cm³/mol. The molecule has 154 valence electrons. The second-order valence-electron chi connectivity index (χ2n) is 7.02. The Hall–Kier alpha value is -3.39. The lowest BCUT2D eigenvalue weighted by atomic mass is 10.1. The van der Waals surface area contributed by atoms with Crippen molar-refractivity contribution in [3.8, 4) is 22.8 Å². The van der Waals surface area contributed by atoms with Crippen LogP contribution in [-0.4, -0.2) is 49.0 Å². The van der Waals surface area contributed by atoms with Crippen molar-refractivity contribution in [3.05, 3.63) is 59.0 Å². The molecule has 0 fully saturated rings. The van der Waals surface area contributed by atoms with Gasteiger partial charge in [0.15, 0.2) is 11.7 Å². The number of fused-ring (bicyclic) bond motifs is 1. The van der Waals surface area contributed by atoms with E-state index in [2.05, 4.69) is 16.4 Å². The van der Waals surface area contributed by atoms with Crippen molar-refractivity contribution in [2.24, 2.45) is 0 Å². The first kappa shape index (κ1) is 19.9. The van der Waals surface area contributed by atoms with Crippen molar-refractivity contribution in [1.29, 1.82) is 0 Å². The highest BCUT2D eigenvalue weighted by Gasteiger charge is 2.15. The number of hydrogen-bond donors (Lipinski definition) is 1. The predicted octanol–water partition coefficient (Wildman–Crippen LogP) is 3.46. The van der Waals surface area contributed by atoms with Gasteiger partial charge in [0, 0.05) is 37.0 Å². The lowest BCUT2D eigenvalue weighted by molar-refractivity contribution is -0.130. The molecule has 0 aliphatic carbocycles. The average molecular weight is 423 g/mol. The number of aromatic nitrogens is 1. The van der Waals surface area contributed by atoms with Crippen molar-refractivity contribution in [2.75, 3.05) is 32.6 Å². The zero-order valence-corrected chi connectivity index (χ0v) is 17.5. The topological polar surface area (TPSA) is 80.8 Å². The second-order valence-corrected chi connectivity index (χ2v) is 7.88. The van der Waals surface area contributed by atoms with Gasteiger partial charge >= 0.3 is 0 Å². The zero-order chi connectivity index (χ0) is 21.1. The van der Waals surface area contributed by atoms with Crippen LogP contribution >= 0.6 is 11.3 Å². The van der Waals surface area contributed by atoms with Gasteiger partial charge in [-0.3, -0.25) is 14.9 Å². The summed E-state index contributed by atoms with van der Waals surface area (Å²) in [6.07, 6.45) is 0.898. The third-order valence-electron chi connectivity index (χ3n) is 4.67. The Morgan fingerprint density at radius 3 is 2.93 bits per heavy atom. The number of amides is 2. The van der Waals surface area contributed by atoms with Gasteiger partial charge in [-0.2, -0.15) is 0 Å². The van der Waals surface area contributed by atoms with E-state index < -0.39 is 0 Å². The van der Waals surface area contributed by atoms with Gasteiger partial charge < -0.3 is 14.4 Å². The lowest BCUT2D eigenvalue weighted by Gasteiger charge is -2.11.